The molecule has 4 heteroatoms. The van der Waals surface area contributed by atoms with Gasteiger partial charge in [0.25, 0.3) is 0 Å². The molecule has 1 aliphatic rings. The second-order valence-corrected chi connectivity index (χ2v) is 5.20. The minimum atomic E-state index is -1.14. The Labute approximate surface area is 105 Å². The highest BCUT2D eigenvalue weighted by Gasteiger charge is 2.18. The Morgan fingerprint density at radius 2 is 1.83 bits per heavy atom. The van der Waals surface area contributed by atoms with E-state index in [4.69, 9.17) is 0 Å². The Hall–Kier alpha value is -1.19. The highest BCUT2D eigenvalue weighted by Crippen LogP contribution is 2.27. The molecule has 1 aromatic rings. The maximum atomic E-state index is 13.5. The molecule has 1 aromatic carbocycles. The summed E-state index contributed by atoms with van der Waals surface area (Å²) < 4.78 is 39.7. The monoisotopic (exact) mass is 257 g/mol. The summed E-state index contributed by atoms with van der Waals surface area (Å²) in [5.41, 5.74) is -0.0629. The number of rotatable bonds is 2. The molecule has 100 valence electrons. The lowest BCUT2D eigenvalue weighted by Crippen LogP contribution is -2.19. The summed E-state index contributed by atoms with van der Waals surface area (Å²) in [5, 5.41) is 2.94. The van der Waals surface area contributed by atoms with Gasteiger partial charge in [-0.3, -0.25) is 0 Å². The summed E-state index contributed by atoms with van der Waals surface area (Å²) in [5.74, 6) is -2.21. The highest BCUT2D eigenvalue weighted by atomic mass is 19.2. The molecule has 0 bridgehead atoms. The molecular formula is C14H18F3N. The fourth-order valence-corrected chi connectivity index (χ4v) is 2.51. The Balaban J connectivity index is 2.09. The zero-order chi connectivity index (χ0) is 13.1. The quantitative estimate of drug-likeness (QED) is 0.608. The molecule has 0 heterocycles. The van der Waals surface area contributed by atoms with Crippen molar-refractivity contribution in [3.8, 4) is 0 Å². The van der Waals surface area contributed by atoms with Crippen LogP contribution in [0.4, 0.5) is 18.9 Å². The lowest BCUT2D eigenvalue weighted by atomic mass is 10.0. The second-order valence-electron chi connectivity index (χ2n) is 5.20. The van der Waals surface area contributed by atoms with Crippen molar-refractivity contribution in [1.82, 2.24) is 0 Å². The van der Waals surface area contributed by atoms with E-state index >= 15 is 0 Å². The van der Waals surface area contributed by atoms with Gasteiger partial charge in [-0.1, -0.05) is 19.8 Å². The van der Waals surface area contributed by atoms with Crippen molar-refractivity contribution in [1.29, 1.82) is 0 Å². The minimum Gasteiger partial charge on any atom is -0.380 e. The fraction of sp³-hybridized carbons (Fsp3) is 0.571. The van der Waals surface area contributed by atoms with Crippen molar-refractivity contribution in [3.05, 3.63) is 29.6 Å². The zero-order valence-corrected chi connectivity index (χ0v) is 10.5. The number of hydrogen-bond acceptors (Lipinski definition) is 1. The maximum absolute atomic E-state index is 13.5. The van der Waals surface area contributed by atoms with Crippen LogP contribution >= 0.6 is 0 Å². The van der Waals surface area contributed by atoms with Gasteiger partial charge in [0.2, 0.25) is 0 Å². The van der Waals surface area contributed by atoms with Crippen LogP contribution in [0.5, 0.6) is 0 Å². The Bertz CT molecular complexity index is 420. The van der Waals surface area contributed by atoms with Gasteiger partial charge in [-0.15, -0.1) is 0 Å². The molecule has 0 radical (unpaired) electrons. The molecule has 18 heavy (non-hydrogen) atoms. The van der Waals surface area contributed by atoms with Gasteiger partial charge < -0.3 is 5.32 Å². The van der Waals surface area contributed by atoms with Crippen molar-refractivity contribution < 1.29 is 13.2 Å². The third-order valence-corrected chi connectivity index (χ3v) is 3.61. The Morgan fingerprint density at radius 3 is 2.61 bits per heavy atom. The molecular weight excluding hydrogens is 239 g/mol. The van der Waals surface area contributed by atoms with Gasteiger partial charge >= 0.3 is 0 Å². The summed E-state index contributed by atoms with van der Waals surface area (Å²) in [6.45, 7) is 2.20. The average Bonchev–Trinajstić information content (AvgIpc) is 2.51. The molecule has 0 aromatic heterocycles. The van der Waals surface area contributed by atoms with Crippen LogP contribution < -0.4 is 5.32 Å². The minimum absolute atomic E-state index is 0.0629. The molecule has 2 unspecified atom stereocenters. The highest BCUT2D eigenvalue weighted by molar-refractivity contribution is 5.46. The molecule has 1 nitrogen and oxygen atoms in total. The maximum Gasteiger partial charge on any atom is 0.182 e. The average molecular weight is 257 g/mol. The van der Waals surface area contributed by atoms with Crippen LogP contribution in [0.2, 0.25) is 0 Å². The fourth-order valence-electron chi connectivity index (χ4n) is 2.51. The van der Waals surface area contributed by atoms with Crippen LogP contribution in [0.1, 0.15) is 39.0 Å². The van der Waals surface area contributed by atoms with E-state index in [-0.39, 0.29) is 11.7 Å². The number of anilines is 1. The Morgan fingerprint density at radius 1 is 1.06 bits per heavy atom. The standard InChI is InChI=1S/C14H18F3N/c1-9-3-2-4-11(6-5-9)18-13-8-10(15)7-12(16)14(13)17/h7-9,11,18H,2-6H2,1H3. The van der Waals surface area contributed by atoms with Crippen molar-refractivity contribution >= 4 is 5.69 Å². The first-order chi connectivity index (χ1) is 8.56. The van der Waals surface area contributed by atoms with Crippen molar-refractivity contribution in [2.24, 2.45) is 5.92 Å². The summed E-state index contributed by atoms with van der Waals surface area (Å²) in [4.78, 5) is 0. The van der Waals surface area contributed by atoms with Crippen molar-refractivity contribution in [2.75, 3.05) is 5.32 Å². The van der Waals surface area contributed by atoms with Gasteiger partial charge in [0.05, 0.1) is 5.69 Å². The summed E-state index contributed by atoms with van der Waals surface area (Å²) in [6, 6.07) is 1.69. The van der Waals surface area contributed by atoms with E-state index in [9.17, 15) is 13.2 Å². The molecule has 2 rings (SSSR count). The SMILES string of the molecule is CC1CCCC(Nc2cc(F)cc(F)c2F)CC1. The number of hydrogen-bond donors (Lipinski definition) is 1. The lowest BCUT2D eigenvalue weighted by Gasteiger charge is -2.18. The number of benzene rings is 1. The van der Waals surface area contributed by atoms with Crippen LogP contribution in [-0.4, -0.2) is 6.04 Å². The summed E-state index contributed by atoms with van der Waals surface area (Å²) in [7, 11) is 0. The van der Waals surface area contributed by atoms with Crippen LogP contribution in [0.25, 0.3) is 0 Å². The van der Waals surface area contributed by atoms with Crippen LogP contribution in [-0.2, 0) is 0 Å². The first-order valence-electron chi connectivity index (χ1n) is 6.47. The normalized spacial score (nSPS) is 24.7. The van der Waals surface area contributed by atoms with E-state index in [0.29, 0.717) is 12.0 Å². The van der Waals surface area contributed by atoms with E-state index in [0.717, 1.165) is 38.2 Å². The van der Waals surface area contributed by atoms with E-state index in [1.165, 1.54) is 0 Å². The largest absolute Gasteiger partial charge is 0.380 e. The van der Waals surface area contributed by atoms with Crippen LogP contribution in [0.3, 0.4) is 0 Å². The van der Waals surface area contributed by atoms with E-state index < -0.39 is 17.5 Å². The second kappa shape index (κ2) is 5.63. The van der Waals surface area contributed by atoms with E-state index in [2.05, 4.69) is 12.2 Å². The van der Waals surface area contributed by atoms with Crippen LogP contribution in [0.15, 0.2) is 12.1 Å². The smallest absolute Gasteiger partial charge is 0.182 e. The number of nitrogens with one attached hydrogen (secondary N) is 1. The third kappa shape index (κ3) is 3.18. The van der Waals surface area contributed by atoms with Crippen LogP contribution in [0, 0.1) is 23.4 Å². The topological polar surface area (TPSA) is 12.0 Å². The molecule has 0 spiro atoms. The molecule has 1 N–H and O–H groups in total. The molecule has 0 saturated heterocycles. The third-order valence-electron chi connectivity index (χ3n) is 3.61. The van der Waals surface area contributed by atoms with E-state index in [1.54, 1.807) is 0 Å². The predicted molar refractivity (Wildman–Crippen MR) is 66.0 cm³/mol. The molecule has 1 aliphatic carbocycles. The first-order valence-corrected chi connectivity index (χ1v) is 6.47. The zero-order valence-electron chi connectivity index (χ0n) is 10.5. The van der Waals surface area contributed by atoms with Gasteiger partial charge in [-0.05, 0) is 25.2 Å². The lowest BCUT2D eigenvalue weighted by molar-refractivity contribution is 0.491. The van der Waals surface area contributed by atoms with Gasteiger partial charge in [-0.2, -0.15) is 0 Å². The molecule has 1 fully saturated rings. The molecule has 0 aliphatic heterocycles. The summed E-state index contributed by atoms with van der Waals surface area (Å²) >= 11 is 0. The molecule has 0 amide bonds. The summed E-state index contributed by atoms with van der Waals surface area (Å²) in [6.07, 6.45) is 5.13. The van der Waals surface area contributed by atoms with Gasteiger partial charge in [0, 0.05) is 18.2 Å². The van der Waals surface area contributed by atoms with Gasteiger partial charge in [0.1, 0.15) is 5.82 Å². The van der Waals surface area contributed by atoms with E-state index in [1.807, 2.05) is 0 Å². The van der Waals surface area contributed by atoms with Crippen molar-refractivity contribution in [2.45, 2.75) is 45.1 Å². The van der Waals surface area contributed by atoms with Gasteiger partial charge in [-0.25, -0.2) is 13.2 Å². The predicted octanol–water partition coefficient (Wildman–Crippen LogP) is 4.48. The molecule has 2 atom stereocenters. The molecule has 1 saturated carbocycles. The number of halogens is 3. The Kier molecular flexibility index (Phi) is 4.15. The first kappa shape index (κ1) is 13.2. The van der Waals surface area contributed by atoms with Gasteiger partial charge in [0.15, 0.2) is 11.6 Å². The van der Waals surface area contributed by atoms with Crippen molar-refractivity contribution in [3.63, 3.8) is 0 Å².